The highest BCUT2D eigenvalue weighted by atomic mass is 127. The number of halogens is 1. The number of aliphatic hydroxyl groups excluding tert-OH is 3. The Morgan fingerprint density at radius 3 is 2.60 bits per heavy atom. The average molecular weight is 788 g/mol. The minimum absolute atomic E-state index is 0.0256. The Morgan fingerprint density at radius 1 is 1.19 bits per heavy atom. The fraction of sp³-hybridized carbons (Fsp3) is 0.714. The number of amides is 2. The Bertz CT molecular complexity index is 1240. The Balaban J connectivity index is 1.63. The van der Waals surface area contributed by atoms with Crippen LogP contribution < -0.4 is 14.8 Å². The first-order valence-corrected chi connectivity index (χ1v) is 18.3. The van der Waals surface area contributed by atoms with Gasteiger partial charge in [0.2, 0.25) is 11.8 Å². The molecule has 6 unspecified atom stereocenters. The summed E-state index contributed by atoms with van der Waals surface area (Å²) >= 11 is 2.08. The Kier molecular flexibility index (Phi) is 15.2. The van der Waals surface area contributed by atoms with Crippen molar-refractivity contribution >= 4 is 34.4 Å². The lowest BCUT2D eigenvalue weighted by atomic mass is 9.75. The minimum Gasteiger partial charge on any atom is -0.493 e. The van der Waals surface area contributed by atoms with E-state index < -0.39 is 24.2 Å². The Morgan fingerprint density at radius 2 is 1.94 bits per heavy atom. The highest BCUT2D eigenvalue weighted by Crippen LogP contribution is 2.38. The maximum atomic E-state index is 14.2. The molecule has 1 heterocycles. The molecule has 1 aliphatic heterocycles. The summed E-state index contributed by atoms with van der Waals surface area (Å²) in [5.74, 6) is 1.40. The average Bonchev–Trinajstić information content (AvgIpc) is 3.08. The second-order valence-electron chi connectivity index (χ2n) is 13.5. The van der Waals surface area contributed by atoms with Gasteiger partial charge < -0.3 is 44.5 Å². The first-order valence-electron chi connectivity index (χ1n) is 17.2. The van der Waals surface area contributed by atoms with E-state index >= 15 is 0 Å². The number of carbonyl (C=O) groups is 2. The molecule has 48 heavy (non-hydrogen) atoms. The van der Waals surface area contributed by atoms with Crippen molar-refractivity contribution in [3.63, 3.8) is 0 Å². The van der Waals surface area contributed by atoms with Crippen LogP contribution in [0.3, 0.4) is 0 Å². The molecule has 2 fully saturated rings. The van der Waals surface area contributed by atoms with Crippen molar-refractivity contribution in [3.05, 3.63) is 32.9 Å². The topological polar surface area (TPSA) is 150 Å². The number of carbonyl (C=O) groups excluding carboxylic acids is 2. The van der Waals surface area contributed by atoms with Crippen LogP contribution in [0.4, 0.5) is 0 Å². The van der Waals surface area contributed by atoms with E-state index in [9.17, 15) is 24.9 Å². The predicted molar refractivity (Wildman–Crippen MR) is 189 cm³/mol. The smallest absolute Gasteiger partial charge is 0.248 e. The summed E-state index contributed by atoms with van der Waals surface area (Å²) in [6.45, 7) is 9.77. The number of morpholine rings is 1. The molecule has 0 radical (unpaired) electrons. The SMILES string of the molecule is COc1cc(CO)cc(I)c1OC1C=C(C(=O)NCCO)CC(N(CCN2CCOCC2)C(=O)COC2CC(C)CCC2C(C)C)C1O. The number of nitrogens with zero attached hydrogens (tertiary/aromatic N) is 2. The summed E-state index contributed by atoms with van der Waals surface area (Å²) in [5.41, 5.74) is 0.980. The molecule has 270 valence electrons. The van der Waals surface area contributed by atoms with Gasteiger partial charge in [-0.25, -0.2) is 0 Å². The lowest BCUT2D eigenvalue weighted by molar-refractivity contribution is -0.149. The van der Waals surface area contributed by atoms with Gasteiger partial charge in [-0.2, -0.15) is 0 Å². The largest absolute Gasteiger partial charge is 0.493 e. The second kappa shape index (κ2) is 18.8. The van der Waals surface area contributed by atoms with E-state index in [0.717, 1.165) is 32.4 Å². The number of methoxy groups -OCH3 is 1. The molecule has 2 amide bonds. The highest BCUT2D eigenvalue weighted by molar-refractivity contribution is 14.1. The van der Waals surface area contributed by atoms with Crippen LogP contribution in [0.15, 0.2) is 23.8 Å². The molecule has 0 bridgehead atoms. The van der Waals surface area contributed by atoms with Crippen LogP contribution in [0.2, 0.25) is 0 Å². The summed E-state index contributed by atoms with van der Waals surface area (Å²) in [6, 6.07) is 2.63. The van der Waals surface area contributed by atoms with E-state index in [1.165, 1.54) is 7.11 Å². The van der Waals surface area contributed by atoms with Crippen molar-refractivity contribution in [3.8, 4) is 11.5 Å². The third-order valence-electron chi connectivity index (χ3n) is 9.80. The number of hydrogen-bond acceptors (Lipinski definition) is 10. The summed E-state index contributed by atoms with van der Waals surface area (Å²) in [5, 5.41) is 33.7. The molecule has 4 N–H and O–H groups in total. The molecule has 12 nitrogen and oxygen atoms in total. The van der Waals surface area contributed by atoms with E-state index in [-0.39, 0.29) is 44.8 Å². The minimum atomic E-state index is -1.19. The van der Waals surface area contributed by atoms with Crippen LogP contribution in [0, 0.1) is 21.3 Å². The Labute approximate surface area is 298 Å². The van der Waals surface area contributed by atoms with Crippen molar-refractivity contribution in [1.82, 2.24) is 15.1 Å². The number of hydrogen-bond donors (Lipinski definition) is 4. The lowest BCUT2D eigenvalue weighted by Crippen LogP contribution is -2.57. The van der Waals surface area contributed by atoms with Gasteiger partial charge in [0.05, 0.1) is 49.3 Å². The van der Waals surface area contributed by atoms with Gasteiger partial charge in [-0.3, -0.25) is 14.5 Å². The van der Waals surface area contributed by atoms with Crippen LogP contribution in [-0.4, -0.2) is 128 Å². The highest BCUT2D eigenvalue weighted by Gasteiger charge is 2.41. The van der Waals surface area contributed by atoms with Gasteiger partial charge in [0.1, 0.15) is 18.8 Å². The van der Waals surface area contributed by atoms with Crippen molar-refractivity contribution < 1.29 is 43.9 Å². The van der Waals surface area contributed by atoms with Gasteiger partial charge in [-0.15, -0.1) is 0 Å². The zero-order valence-electron chi connectivity index (χ0n) is 28.7. The van der Waals surface area contributed by atoms with Gasteiger partial charge in [0.15, 0.2) is 11.5 Å². The molecule has 0 aromatic heterocycles. The van der Waals surface area contributed by atoms with E-state index in [1.807, 2.05) is 0 Å². The molecule has 1 aromatic carbocycles. The van der Waals surface area contributed by atoms with Crippen LogP contribution in [0.5, 0.6) is 11.5 Å². The molecule has 1 saturated carbocycles. The van der Waals surface area contributed by atoms with Crippen LogP contribution in [-0.2, 0) is 25.7 Å². The van der Waals surface area contributed by atoms with Crippen molar-refractivity contribution in [2.24, 2.45) is 17.8 Å². The molecule has 2 aliphatic carbocycles. The quantitative estimate of drug-likeness (QED) is 0.195. The predicted octanol–water partition coefficient (Wildman–Crippen LogP) is 2.35. The van der Waals surface area contributed by atoms with Crippen molar-refractivity contribution in [1.29, 1.82) is 0 Å². The van der Waals surface area contributed by atoms with Crippen LogP contribution >= 0.6 is 22.6 Å². The molecule has 4 rings (SSSR count). The van der Waals surface area contributed by atoms with Gasteiger partial charge in [-0.1, -0.05) is 27.2 Å². The zero-order valence-corrected chi connectivity index (χ0v) is 30.9. The fourth-order valence-corrected chi connectivity index (χ4v) is 7.80. The molecular formula is C35H54IN3O9. The van der Waals surface area contributed by atoms with Crippen molar-refractivity contribution in [2.75, 3.05) is 66.3 Å². The molecule has 1 aromatic rings. The molecule has 3 aliphatic rings. The van der Waals surface area contributed by atoms with Crippen LogP contribution in [0.1, 0.15) is 52.0 Å². The first-order chi connectivity index (χ1) is 23.1. The van der Waals surface area contributed by atoms with E-state index in [4.69, 9.17) is 18.9 Å². The summed E-state index contributed by atoms with van der Waals surface area (Å²) in [7, 11) is 1.49. The normalized spacial score (nSPS) is 26.6. The third-order valence-corrected chi connectivity index (χ3v) is 10.6. The summed E-state index contributed by atoms with van der Waals surface area (Å²) in [4.78, 5) is 31.4. The number of ether oxygens (including phenoxy) is 4. The molecule has 0 spiro atoms. The maximum absolute atomic E-state index is 14.2. The van der Waals surface area contributed by atoms with E-state index in [1.54, 1.807) is 23.1 Å². The number of nitrogens with one attached hydrogen (secondary N) is 1. The molecule has 6 atom stereocenters. The maximum Gasteiger partial charge on any atom is 0.248 e. The van der Waals surface area contributed by atoms with Gasteiger partial charge in [0, 0.05) is 44.7 Å². The fourth-order valence-electron chi connectivity index (χ4n) is 7.01. The summed E-state index contributed by atoms with van der Waals surface area (Å²) in [6.07, 6.45) is 2.58. The molecule has 13 heteroatoms. The molecule has 1 saturated heterocycles. The first kappa shape index (κ1) is 38.8. The third kappa shape index (κ3) is 10.3. The van der Waals surface area contributed by atoms with Gasteiger partial charge in [0.25, 0.3) is 0 Å². The molecular weight excluding hydrogens is 733 g/mol. The van der Waals surface area contributed by atoms with Gasteiger partial charge in [-0.05, 0) is 77.0 Å². The summed E-state index contributed by atoms with van der Waals surface area (Å²) < 4.78 is 24.6. The zero-order chi connectivity index (χ0) is 34.8. The number of rotatable bonds is 15. The van der Waals surface area contributed by atoms with Gasteiger partial charge >= 0.3 is 0 Å². The standard InChI is InChI=1S/C35H54IN3O9/c1-22(2)26-6-5-23(3)15-29(26)47-21-32(42)39(9-8-38-10-13-46-14-11-38)28-18-25(35(44)37-7-12-40)19-30(33(28)43)48-34-27(36)16-24(20-41)17-31(34)45-4/h16-17,19,22-23,26,28-30,33,40-41,43H,5-15,18,20-21H2,1-4H3,(H,37,44). The second-order valence-corrected chi connectivity index (χ2v) is 14.7. The Hall–Kier alpha value is -2.01. The lowest BCUT2D eigenvalue weighted by Gasteiger charge is -2.42. The number of aliphatic hydroxyl groups is 3. The van der Waals surface area contributed by atoms with Crippen molar-refractivity contribution in [2.45, 2.75) is 77.4 Å². The van der Waals surface area contributed by atoms with E-state index in [2.05, 4.69) is 53.6 Å². The monoisotopic (exact) mass is 787 g/mol. The number of benzene rings is 1. The van der Waals surface area contributed by atoms with Crippen LogP contribution in [0.25, 0.3) is 0 Å². The van der Waals surface area contributed by atoms with E-state index in [0.29, 0.717) is 70.3 Å².